The van der Waals surface area contributed by atoms with Gasteiger partial charge in [-0.2, -0.15) is 0 Å². The second-order valence-corrected chi connectivity index (χ2v) is 4.67. The van der Waals surface area contributed by atoms with E-state index in [4.69, 9.17) is 9.84 Å². The first-order valence-electron chi connectivity index (χ1n) is 6.75. The van der Waals surface area contributed by atoms with E-state index in [1.165, 1.54) is 0 Å². The van der Waals surface area contributed by atoms with Gasteiger partial charge in [0, 0.05) is 31.9 Å². The van der Waals surface area contributed by atoms with Crippen molar-refractivity contribution in [2.75, 3.05) is 44.8 Å². The Balaban J connectivity index is 1.96. The molecule has 0 aromatic heterocycles. The minimum Gasteiger partial charge on any atom is -0.497 e. The van der Waals surface area contributed by atoms with Crippen LogP contribution < -0.4 is 20.3 Å². The summed E-state index contributed by atoms with van der Waals surface area (Å²) in [5, 5.41) is 14.6. The maximum Gasteiger partial charge on any atom is 0.239 e. The summed E-state index contributed by atoms with van der Waals surface area (Å²) < 4.78 is 5.14. The summed E-state index contributed by atoms with van der Waals surface area (Å²) in [5.74, 6) is 0.749. The smallest absolute Gasteiger partial charge is 0.239 e. The Hall–Kier alpha value is -1.79. The van der Waals surface area contributed by atoms with Gasteiger partial charge in [-0.15, -0.1) is 0 Å². The molecule has 1 atom stereocenters. The summed E-state index contributed by atoms with van der Waals surface area (Å²) in [4.78, 5) is 14.1. The van der Waals surface area contributed by atoms with Crippen molar-refractivity contribution in [1.29, 1.82) is 0 Å². The summed E-state index contributed by atoms with van der Waals surface area (Å²) in [5.41, 5.74) is 1.08. The minimum absolute atomic E-state index is 0.0410. The van der Waals surface area contributed by atoms with Crippen LogP contribution in [0.5, 0.6) is 5.75 Å². The Morgan fingerprint density at radius 1 is 1.50 bits per heavy atom. The number of hydrogen-bond acceptors (Lipinski definition) is 5. The van der Waals surface area contributed by atoms with E-state index in [9.17, 15) is 4.79 Å². The van der Waals surface area contributed by atoms with Gasteiger partial charge in [-0.3, -0.25) is 4.79 Å². The van der Waals surface area contributed by atoms with E-state index in [0.717, 1.165) is 24.5 Å². The summed E-state index contributed by atoms with van der Waals surface area (Å²) >= 11 is 0. The molecule has 1 aromatic carbocycles. The van der Waals surface area contributed by atoms with Crippen LogP contribution in [0.15, 0.2) is 24.3 Å². The molecule has 110 valence electrons. The molecule has 2 rings (SSSR count). The van der Waals surface area contributed by atoms with Crippen LogP contribution in [0.1, 0.15) is 0 Å². The van der Waals surface area contributed by atoms with Crippen molar-refractivity contribution in [3.05, 3.63) is 24.3 Å². The van der Waals surface area contributed by atoms with Gasteiger partial charge in [-0.25, -0.2) is 0 Å². The number of amides is 1. The number of anilines is 1. The highest BCUT2D eigenvalue weighted by atomic mass is 16.5. The predicted octanol–water partition coefficient (Wildman–Crippen LogP) is -0.418. The molecular weight excluding hydrogens is 258 g/mol. The maximum atomic E-state index is 11.9. The fourth-order valence-corrected chi connectivity index (χ4v) is 2.26. The standard InChI is InChI=1S/C14H21N3O3/c1-20-12-4-2-11(3-5-12)17-8-6-15-13(10-17)14(19)16-7-9-18/h2-5,13,15,18H,6-10H2,1H3,(H,16,19). The molecular formula is C14H21N3O3. The van der Waals surface area contributed by atoms with Gasteiger partial charge in [-0.05, 0) is 24.3 Å². The molecule has 1 saturated heterocycles. The highest BCUT2D eigenvalue weighted by Crippen LogP contribution is 2.20. The Bertz CT molecular complexity index is 436. The first-order valence-corrected chi connectivity index (χ1v) is 6.75. The number of carbonyl (C=O) groups is 1. The lowest BCUT2D eigenvalue weighted by atomic mass is 10.1. The topological polar surface area (TPSA) is 73.8 Å². The van der Waals surface area contributed by atoms with Crippen molar-refractivity contribution in [1.82, 2.24) is 10.6 Å². The number of hydrogen-bond donors (Lipinski definition) is 3. The van der Waals surface area contributed by atoms with Crippen LogP contribution in [0, 0.1) is 0 Å². The van der Waals surface area contributed by atoms with Crippen molar-refractivity contribution in [3.63, 3.8) is 0 Å². The number of ether oxygens (including phenoxy) is 1. The zero-order chi connectivity index (χ0) is 14.4. The number of benzene rings is 1. The first-order chi connectivity index (χ1) is 9.74. The Kier molecular flexibility index (Phi) is 5.20. The Morgan fingerprint density at radius 3 is 2.90 bits per heavy atom. The third kappa shape index (κ3) is 3.61. The molecule has 0 radical (unpaired) electrons. The van der Waals surface area contributed by atoms with Crippen LogP contribution in [-0.2, 0) is 4.79 Å². The summed E-state index contributed by atoms with van der Waals surface area (Å²) in [7, 11) is 1.64. The SMILES string of the molecule is COc1ccc(N2CCNC(C(=O)NCCO)C2)cc1. The number of rotatable bonds is 5. The van der Waals surface area contributed by atoms with Crippen LogP contribution in [0.3, 0.4) is 0 Å². The number of nitrogens with zero attached hydrogens (tertiary/aromatic N) is 1. The van der Waals surface area contributed by atoms with Gasteiger partial charge in [0.2, 0.25) is 5.91 Å². The molecule has 0 bridgehead atoms. The molecule has 20 heavy (non-hydrogen) atoms. The fraction of sp³-hybridized carbons (Fsp3) is 0.500. The Morgan fingerprint density at radius 2 is 2.25 bits per heavy atom. The third-order valence-corrected chi connectivity index (χ3v) is 3.34. The van der Waals surface area contributed by atoms with Crippen LogP contribution >= 0.6 is 0 Å². The number of aliphatic hydroxyl groups excluding tert-OH is 1. The van der Waals surface area contributed by atoms with E-state index >= 15 is 0 Å². The molecule has 1 fully saturated rings. The van der Waals surface area contributed by atoms with E-state index < -0.39 is 0 Å². The Labute approximate surface area is 118 Å². The lowest BCUT2D eigenvalue weighted by Crippen LogP contribution is -2.57. The van der Waals surface area contributed by atoms with E-state index in [0.29, 0.717) is 13.1 Å². The van der Waals surface area contributed by atoms with Crippen molar-refractivity contribution in [3.8, 4) is 5.75 Å². The molecule has 1 aliphatic heterocycles. The average molecular weight is 279 g/mol. The zero-order valence-corrected chi connectivity index (χ0v) is 11.6. The first kappa shape index (κ1) is 14.6. The van der Waals surface area contributed by atoms with Gasteiger partial charge >= 0.3 is 0 Å². The highest BCUT2D eigenvalue weighted by Gasteiger charge is 2.25. The number of carbonyl (C=O) groups excluding carboxylic acids is 1. The van der Waals surface area contributed by atoms with E-state index in [-0.39, 0.29) is 18.6 Å². The molecule has 3 N–H and O–H groups in total. The van der Waals surface area contributed by atoms with Crippen molar-refractivity contribution in [2.24, 2.45) is 0 Å². The summed E-state index contributed by atoms with van der Waals surface area (Å²) in [6.07, 6.45) is 0. The van der Waals surface area contributed by atoms with Crippen molar-refractivity contribution in [2.45, 2.75) is 6.04 Å². The maximum absolute atomic E-state index is 11.9. The predicted molar refractivity (Wildman–Crippen MR) is 77.1 cm³/mol. The third-order valence-electron chi connectivity index (χ3n) is 3.34. The van der Waals surface area contributed by atoms with E-state index in [1.54, 1.807) is 7.11 Å². The normalized spacial score (nSPS) is 18.7. The summed E-state index contributed by atoms with van der Waals surface area (Å²) in [6.45, 7) is 2.48. The van der Waals surface area contributed by atoms with Gasteiger partial charge in [0.1, 0.15) is 11.8 Å². The van der Waals surface area contributed by atoms with Crippen molar-refractivity contribution >= 4 is 11.6 Å². The fourth-order valence-electron chi connectivity index (χ4n) is 2.26. The van der Waals surface area contributed by atoms with Gasteiger partial charge < -0.3 is 25.4 Å². The van der Waals surface area contributed by atoms with Gasteiger partial charge in [0.25, 0.3) is 0 Å². The number of methoxy groups -OCH3 is 1. The molecule has 1 aliphatic rings. The van der Waals surface area contributed by atoms with E-state index in [1.807, 2.05) is 24.3 Å². The molecule has 1 amide bonds. The quantitative estimate of drug-likeness (QED) is 0.683. The monoisotopic (exact) mass is 279 g/mol. The van der Waals surface area contributed by atoms with Crippen molar-refractivity contribution < 1.29 is 14.6 Å². The van der Waals surface area contributed by atoms with Crippen LogP contribution in [0.25, 0.3) is 0 Å². The second kappa shape index (κ2) is 7.12. The average Bonchev–Trinajstić information content (AvgIpc) is 2.52. The lowest BCUT2D eigenvalue weighted by Gasteiger charge is -2.34. The summed E-state index contributed by atoms with van der Waals surface area (Å²) in [6, 6.07) is 7.56. The number of nitrogens with one attached hydrogen (secondary N) is 2. The second-order valence-electron chi connectivity index (χ2n) is 4.67. The lowest BCUT2D eigenvalue weighted by molar-refractivity contribution is -0.123. The molecule has 1 unspecified atom stereocenters. The van der Waals surface area contributed by atoms with Gasteiger partial charge in [0.15, 0.2) is 0 Å². The highest BCUT2D eigenvalue weighted by molar-refractivity contribution is 5.82. The molecule has 6 nitrogen and oxygen atoms in total. The minimum atomic E-state index is -0.252. The van der Waals surface area contributed by atoms with Gasteiger partial charge in [0.05, 0.1) is 13.7 Å². The van der Waals surface area contributed by atoms with Gasteiger partial charge in [-0.1, -0.05) is 0 Å². The van der Waals surface area contributed by atoms with Crippen LogP contribution in [0.2, 0.25) is 0 Å². The van der Waals surface area contributed by atoms with Crippen LogP contribution in [-0.4, -0.2) is 57.0 Å². The largest absolute Gasteiger partial charge is 0.497 e. The molecule has 0 saturated carbocycles. The number of piperazine rings is 1. The molecule has 1 aromatic rings. The molecule has 1 heterocycles. The number of aliphatic hydroxyl groups is 1. The molecule has 0 spiro atoms. The molecule has 0 aliphatic carbocycles. The molecule has 6 heteroatoms. The zero-order valence-electron chi connectivity index (χ0n) is 11.6. The van der Waals surface area contributed by atoms with Crippen LogP contribution in [0.4, 0.5) is 5.69 Å². The van der Waals surface area contributed by atoms with E-state index in [2.05, 4.69) is 15.5 Å².